The molecule has 0 spiro atoms. The van der Waals surface area contributed by atoms with Crippen LogP contribution in [0.1, 0.15) is 89.8 Å². The van der Waals surface area contributed by atoms with Gasteiger partial charge in [0.1, 0.15) is 11.3 Å². The standard InChI is InChI=1S/C25H35N7O2/c1-14-9-11-16(12-10-14)13-32-19-20(26-15(2)17-5-3-6-17)27-22(23-30-25(33)34-31-23)28-21(19)29-24(32)18-7-4-8-18/h14-18H,3-13H2,1-2H3,(H,26,27,28)(H,30,31,33)/t14?,15-,16?/m1/s1. The number of rotatable bonds is 7. The van der Waals surface area contributed by atoms with Gasteiger partial charge in [0.25, 0.3) is 0 Å². The van der Waals surface area contributed by atoms with E-state index in [1.165, 1.54) is 64.2 Å². The molecule has 34 heavy (non-hydrogen) atoms. The van der Waals surface area contributed by atoms with Gasteiger partial charge in [-0.3, -0.25) is 9.51 Å². The van der Waals surface area contributed by atoms with Crippen molar-refractivity contribution in [3.8, 4) is 11.6 Å². The molecule has 0 bridgehead atoms. The van der Waals surface area contributed by atoms with Gasteiger partial charge in [-0.05, 0) is 63.2 Å². The Bertz CT molecular complexity index is 1210. The number of fused-ring (bicyclic) bond motifs is 1. The van der Waals surface area contributed by atoms with E-state index in [2.05, 4.69) is 33.9 Å². The molecule has 3 aliphatic carbocycles. The SMILES string of the molecule is CC1CCC(Cn2c(C3CCC3)nc3nc(-c4noc(=O)[nH]4)nc(N[C@H](C)C4CCC4)c32)CC1. The Morgan fingerprint density at radius 3 is 2.44 bits per heavy atom. The number of H-pyrrole nitrogens is 1. The van der Waals surface area contributed by atoms with Crippen molar-refractivity contribution in [2.45, 2.75) is 96.6 Å². The van der Waals surface area contributed by atoms with Crippen molar-refractivity contribution in [1.82, 2.24) is 29.7 Å². The first kappa shape index (κ1) is 21.8. The fourth-order valence-corrected chi connectivity index (χ4v) is 5.79. The number of hydrogen-bond donors (Lipinski definition) is 2. The minimum absolute atomic E-state index is 0.243. The summed E-state index contributed by atoms with van der Waals surface area (Å²) in [5.41, 5.74) is 1.68. The lowest BCUT2D eigenvalue weighted by Crippen LogP contribution is -2.31. The van der Waals surface area contributed by atoms with Crippen molar-refractivity contribution in [3.63, 3.8) is 0 Å². The Morgan fingerprint density at radius 1 is 1.06 bits per heavy atom. The molecule has 2 N–H and O–H groups in total. The van der Waals surface area contributed by atoms with E-state index < -0.39 is 5.76 Å². The Labute approximate surface area is 199 Å². The summed E-state index contributed by atoms with van der Waals surface area (Å²) in [6, 6.07) is 0.307. The van der Waals surface area contributed by atoms with Crippen LogP contribution in [0.3, 0.4) is 0 Å². The molecule has 3 heterocycles. The third-order valence-electron chi connectivity index (χ3n) is 8.55. The largest absolute Gasteiger partial charge is 0.439 e. The van der Waals surface area contributed by atoms with Crippen molar-refractivity contribution in [2.24, 2.45) is 17.8 Å². The van der Waals surface area contributed by atoms with Crippen molar-refractivity contribution in [2.75, 3.05) is 5.32 Å². The first-order chi connectivity index (χ1) is 16.5. The van der Waals surface area contributed by atoms with Gasteiger partial charge in [0.2, 0.25) is 11.6 Å². The van der Waals surface area contributed by atoms with Gasteiger partial charge in [-0.25, -0.2) is 19.7 Å². The van der Waals surface area contributed by atoms with E-state index >= 15 is 0 Å². The van der Waals surface area contributed by atoms with Gasteiger partial charge >= 0.3 is 5.76 Å². The van der Waals surface area contributed by atoms with Crippen LogP contribution in [0.2, 0.25) is 0 Å². The predicted molar refractivity (Wildman–Crippen MR) is 130 cm³/mol. The molecule has 0 aliphatic heterocycles. The van der Waals surface area contributed by atoms with Gasteiger partial charge in [-0.15, -0.1) is 0 Å². The van der Waals surface area contributed by atoms with Crippen LogP contribution in [0.25, 0.3) is 22.8 Å². The molecule has 3 aromatic rings. The molecule has 3 fully saturated rings. The highest BCUT2D eigenvalue weighted by Gasteiger charge is 2.31. The lowest BCUT2D eigenvalue weighted by molar-refractivity contribution is 0.260. The van der Waals surface area contributed by atoms with E-state index in [1.807, 2.05) is 0 Å². The van der Waals surface area contributed by atoms with Crippen LogP contribution in [-0.2, 0) is 6.54 Å². The Hall–Kier alpha value is -2.71. The number of aromatic amines is 1. The summed E-state index contributed by atoms with van der Waals surface area (Å²) < 4.78 is 7.17. The summed E-state index contributed by atoms with van der Waals surface area (Å²) in [5.74, 6) is 4.57. The Balaban J connectivity index is 1.45. The molecule has 0 saturated heterocycles. The van der Waals surface area contributed by atoms with Gasteiger partial charge in [0, 0.05) is 18.5 Å². The highest BCUT2D eigenvalue weighted by molar-refractivity contribution is 5.85. The average Bonchev–Trinajstić information content (AvgIpc) is 3.31. The number of anilines is 1. The molecule has 6 rings (SSSR count). The van der Waals surface area contributed by atoms with Gasteiger partial charge in [-0.2, -0.15) is 0 Å². The summed E-state index contributed by atoms with van der Waals surface area (Å²) in [6.45, 7) is 5.59. The molecule has 3 saturated carbocycles. The maximum atomic E-state index is 11.6. The van der Waals surface area contributed by atoms with Crippen LogP contribution >= 0.6 is 0 Å². The highest BCUT2D eigenvalue weighted by Crippen LogP contribution is 2.40. The van der Waals surface area contributed by atoms with Crippen LogP contribution < -0.4 is 11.1 Å². The van der Waals surface area contributed by atoms with Crippen LogP contribution in [0.4, 0.5) is 5.82 Å². The zero-order chi connectivity index (χ0) is 23.2. The second-order valence-corrected chi connectivity index (χ2v) is 11.0. The normalized spacial score (nSPS) is 24.6. The molecule has 3 aliphatic rings. The lowest BCUT2D eigenvalue weighted by Gasteiger charge is -2.33. The quantitative estimate of drug-likeness (QED) is 0.512. The average molecular weight is 466 g/mol. The topological polar surface area (TPSA) is 115 Å². The van der Waals surface area contributed by atoms with Gasteiger partial charge in [0.05, 0.1) is 0 Å². The molecule has 0 amide bonds. The number of nitrogens with zero attached hydrogens (tertiary/aromatic N) is 5. The molecular weight excluding hydrogens is 430 g/mol. The second-order valence-electron chi connectivity index (χ2n) is 11.0. The predicted octanol–water partition coefficient (Wildman–Crippen LogP) is 4.86. The maximum Gasteiger partial charge on any atom is 0.439 e. The third kappa shape index (κ3) is 4.03. The minimum atomic E-state index is -0.608. The lowest BCUT2D eigenvalue weighted by atomic mass is 9.80. The van der Waals surface area contributed by atoms with E-state index in [0.717, 1.165) is 29.6 Å². The minimum Gasteiger partial charge on any atom is -0.365 e. The summed E-state index contributed by atoms with van der Waals surface area (Å²) in [6.07, 6.45) is 12.6. The fraction of sp³-hybridized carbons (Fsp3) is 0.720. The van der Waals surface area contributed by atoms with Gasteiger partial charge < -0.3 is 9.88 Å². The summed E-state index contributed by atoms with van der Waals surface area (Å²) in [4.78, 5) is 28.9. The Kier molecular flexibility index (Phi) is 5.65. The smallest absolute Gasteiger partial charge is 0.365 e. The van der Waals surface area contributed by atoms with Gasteiger partial charge in [0.15, 0.2) is 11.5 Å². The monoisotopic (exact) mass is 465 g/mol. The van der Waals surface area contributed by atoms with Crippen molar-refractivity contribution >= 4 is 17.0 Å². The number of hydrogen-bond acceptors (Lipinski definition) is 7. The van der Waals surface area contributed by atoms with Crippen LogP contribution in [0, 0.1) is 17.8 Å². The molecule has 0 unspecified atom stereocenters. The zero-order valence-electron chi connectivity index (χ0n) is 20.2. The van der Waals surface area contributed by atoms with Crippen molar-refractivity contribution in [1.29, 1.82) is 0 Å². The third-order valence-corrected chi connectivity index (χ3v) is 8.55. The van der Waals surface area contributed by atoms with E-state index in [4.69, 9.17) is 19.5 Å². The van der Waals surface area contributed by atoms with Crippen LogP contribution in [0.5, 0.6) is 0 Å². The van der Waals surface area contributed by atoms with Gasteiger partial charge in [-0.1, -0.05) is 37.8 Å². The van der Waals surface area contributed by atoms with E-state index in [0.29, 0.717) is 35.3 Å². The maximum absolute atomic E-state index is 11.6. The number of nitrogens with one attached hydrogen (secondary N) is 2. The van der Waals surface area contributed by atoms with Crippen molar-refractivity contribution < 1.29 is 4.52 Å². The molecule has 9 nitrogen and oxygen atoms in total. The van der Waals surface area contributed by atoms with E-state index in [-0.39, 0.29) is 5.82 Å². The fourth-order valence-electron chi connectivity index (χ4n) is 5.79. The molecular formula is C25H35N7O2. The first-order valence-electron chi connectivity index (χ1n) is 13.2. The molecule has 182 valence electrons. The summed E-state index contributed by atoms with van der Waals surface area (Å²) in [5, 5.41) is 7.55. The number of imidazole rings is 1. The Morgan fingerprint density at radius 2 is 1.82 bits per heavy atom. The van der Waals surface area contributed by atoms with Crippen molar-refractivity contribution in [3.05, 3.63) is 16.4 Å². The molecule has 1 atom stereocenters. The second kappa shape index (κ2) is 8.82. The first-order valence-corrected chi connectivity index (χ1v) is 13.2. The molecule has 9 heteroatoms. The molecule has 0 aromatic carbocycles. The highest BCUT2D eigenvalue weighted by atomic mass is 16.5. The van der Waals surface area contributed by atoms with Crippen LogP contribution in [-0.4, -0.2) is 35.7 Å². The number of aromatic nitrogens is 6. The van der Waals surface area contributed by atoms with E-state index in [9.17, 15) is 4.79 Å². The summed E-state index contributed by atoms with van der Waals surface area (Å²) in [7, 11) is 0. The van der Waals surface area contributed by atoms with E-state index in [1.54, 1.807) is 0 Å². The summed E-state index contributed by atoms with van der Waals surface area (Å²) >= 11 is 0. The van der Waals surface area contributed by atoms with Crippen LogP contribution in [0.15, 0.2) is 9.32 Å². The molecule has 0 radical (unpaired) electrons. The zero-order valence-corrected chi connectivity index (χ0v) is 20.2. The molecule has 3 aromatic heterocycles.